The summed E-state index contributed by atoms with van der Waals surface area (Å²) in [5, 5.41) is 15.0. The Hall–Kier alpha value is -6.72. The maximum atomic E-state index is 9.13. The fraction of sp³-hybridized carbons (Fsp3) is 0. The lowest BCUT2D eigenvalue weighted by Crippen LogP contribution is -2.16. The SMILES string of the molecule is N=C(N=C(N)c1ccccc1)c1cc(-c2ccccc2)cc(-n2c3ccccc3c3ccc4cc5c(ccn5-c5ccccc5)cc4c32)c1. The van der Waals surface area contributed by atoms with Crippen molar-refractivity contribution in [3.63, 3.8) is 0 Å². The number of benzene rings is 7. The molecule has 3 N–H and O–H groups in total. The first-order chi connectivity index (χ1) is 24.1. The molecule has 0 saturated heterocycles. The van der Waals surface area contributed by atoms with E-state index in [1.165, 1.54) is 21.5 Å². The van der Waals surface area contributed by atoms with Crippen molar-refractivity contribution in [1.29, 1.82) is 5.41 Å². The van der Waals surface area contributed by atoms with Gasteiger partial charge in [0.1, 0.15) is 5.84 Å². The largest absolute Gasteiger partial charge is 0.383 e. The maximum absolute atomic E-state index is 9.13. The minimum Gasteiger partial charge on any atom is -0.383 e. The Balaban J connectivity index is 1.31. The first-order valence-corrected chi connectivity index (χ1v) is 16.3. The van der Waals surface area contributed by atoms with Crippen LogP contribution >= 0.6 is 0 Å². The van der Waals surface area contributed by atoms with Crippen LogP contribution in [0.3, 0.4) is 0 Å². The Morgan fingerprint density at radius 3 is 2.02 bits per heavy atom. The summed E-state index contributed by atoms with van der Waals surface area (Å²) in [6, 6.07) is 56.5. The van der Waals surface area contributed by atoms with Crippen molar-refractivity contribution in [3.05, 3.63) is 181 Å². The van der Waals surface area contributed by atoms with Gasteiger partial charge in [-0.05, 0) is 71.1 Å². The topological polar surface area (TPSA) is 72.1 Å². The summed E-state index contributed by atoms with van der Waals surface area (Å²) < 4.78 is 4.60. The van der Waals surface area contributed by atoms with Crippen molar-refractivity contribution in [2.24, 2.45) is 10.7 Å². The molecule has 0 saturated carbocycles. The van der Waals surface area contributed by atoms with Gasteiger partial charge in [-0.1, -0.05) is 109 Å². The Labute approximate surface area is 283 Å². The zero-order valence-corrected chi connectivity index (χ0v) is 26.6. The van der Waals surface area contributed by atoms with Crippen LogP contribution in [0.4, 0.5) is 0 Å². The molecule has 0 aliphatic rings. The number of hydrogen-bond acceptors (Lipinski definition) is 1. The highest BCUT2D eigenvalue weighted by molar-refractivity contribution is 6.20. The molecule has 7 aromatic carbocycles. The van der Waals surface area contributed by atoms with E-state index >= 15 is 0 Å². The molecule has 0 aliphatic carbocycles. The number of aliphatic imine (C=N–C) groups is 1. The molecule has 232 valence electrons. The van der Waals surface area contributed by atoms with Crippen molar-refractivity contribution in [2.75, 3.05) is 0 Å². The average Bonchev–Trinajstić information content (AvgIpc) is 3.74. The number of hydrogen-bond donors (Lipinski definition) is 2. The Kier molecular flexibility index (Phi) is 6.69. The Morgan fingerprint density at radius 2 is 1.22 bits per heavy atom. The van der Waals surface area contributed by atoms with Gasteiger partial charge >= 0.3 is 0 Å². The predicted molar refractivity (Wildman–Crippen MR) is 205 cm³/mol. The molecule has 49 heavy (non-hydrogen) atoms. The second-order valence-electron chi connectivity index (χ2n) is 12.3. The molecular formula is C44H31N5. The van der Waals surface area contributed by atoms with Crippen molar-refractivity contribution in [2.45, 2.75) is 0 Å². The van der Waals surface area contributed by atoms with Gasteiger partial charge < -0.3 is 14.9 Å². The minimum absolute atomic E-state index is 0.106. The molecule has 0 bridgehead atoms. The molecule has 0 radical (unpaired) electrons. The van der Waals surface area contributed by atoms with Crippen molar-refractivity contribution in [3.8, 4) is 22.5 Å². The summed E-state index contributed by atoms with van der Waals surface area (Å²) in [6.45, 7) is 0. The second-order valence-corrected chi connectivity index (χ2v) is 12.3. The van der Waals surface area contributed by atoms with Crippen LogP contribution in [0.5, 0.6) is 0 Å². The molecule has 2 aromatic heterocycles. The number of nitrogens with one attached hydrogen (secondary N) is 1. The zero-order valence-electron chi connectivity index (χ0n) is 26.6. The number of aromatic nitrogens is 2. The average molecular weight is 630 g/mol. The molecule has 0 unspecified atom stereocenters. The lowest BCUT2D eigenvalue weighted by Gasteiger charge is -2.15. The highest BCUT2D eigenvalue weighted by Gasteiger charge is 2.18. The van der Waals surface area contributed by atoms with Crippen molar-refractivity contribution < 1.29 is 0 Å². The molecule has 9 rings (SSSR count). The third-order valence-corrected chi connectivity index (χ3v) is 9.35. The highest BCUT2D eigenvalue weighted by atomic mass is 15.0. The molecule has 0 amide bonds. The number of fused-ring (bicyclic) bond motifs is 6. The van der Waals surface area contributed by atoms with E-state index in [0.717, 1.165) is 50.0 Å². The molecule has 9 aromatic rings. The van der Waals surface area contributed by atoms with Crippen LogP contribution in [0.2, 0.25) is 0 Å². The number of amidine groups is 2. The van der Waals surface area contributed by atoms with E-state index in [0.29, 0.717) is 11.4 Å². The fourth-order valence-electron chi connectivity index (χ4n) is 7.03. The molecule has 2 heterocycles. The number of nitrogens with zero attached hydrogens (tertiary/aromatic N) is 3. The molecule has 5 heteroatoms. The Bertz CT molecular complexity index is 2720. The van der Waals surface area contributed by atoms with Gasteiger partial charge in [0.15, 0.2) is 5.84 Å². The molecular weight excluding hydrogens is 599 g/mol. The van der Waals surface area contributed by atoms with Crippen LogP contribution in [0, 0.1) is 5.41 Å². The van der Waals surface area contributed by atoms with E-state index in [-0.39, 0.29) is 5.84 Å². The lowest BCUT2D eigenvalue weighted by molar-refractivity contribution is 1.13. The van der Waals surface area contributed by atoms with Crippen molar-refractivity contribution in [1.82, 2.24) is 9.13 Å². The van der Waals surface area contributed by atoms with Gasteiger partial charge in [-0.15, -0.1) is 0 Å². The van der Waals surface area contributed by atoms with Crippen molar-refractivity contribution >= 4 is 55.2 Å². The monoisotopic (exact) mass is 629 g/mol. The van der Waals surface area contributed by atoms with Gasteiger partial charge in [0, 0.05) is 50.2 Å². The summed E-state index contributed by atoms with van der Waals surface area (Å²) >= 11 is 0. The third kappa shape index (κ3) is 4.88. The molecule has 0 aliphatic heterocycles. The van der Waals surface area contributed by atoms with E-state index in [9.17, 15) is 0 Å². The quantitative estimate of drug-likeness (QED) is 0.144. The van der Waals surface area contributed by atoms with Crippen LogP contribution in [0.25, 0.3) is 66.0 Å². The maximum Gasteiger partial charge on any atom is 0.154 e. The normalized spacial score (nSPS) is 12.0. The summed E-state index contributed by atoms with van der Waals surface area (Å²) in [5.41, 5.74) is 15.4. The standard InChI is InChI=1S/C44H31N5/c45-43(30-14-6-2-7-15-30)47-44(46)34-24-33(29-12-4-1-5-13-29)25-36(26-34)49-40-19-11-10-18-37(40)38-21-20-31-28-41-32(27-39(31)42(38)49)22-23-48(41)35-16-8-3-9-17-35/h1-28H,(H3,45,46,47). The van der Waals surface area contributed by atoms with Crippen LogP contribution < -0.4 is 5.73 Å². The number of rotatable bonds is 5. The van der Waals surface area contributed by atoms with Crippen LogP contribution in [0.15, 0.2) is 175 Å². The minimum atomic E-state index is 0.106. The summed E-state index contributed by atoms with van der Waals surface area (Å²) in [7, 11) is 0. The first-order valence-electron chi connectivity index (χ1n) is 16.3. The molecule has 5 nitrogen and oxygen atoms in total. The summed E-state index contributed by atoms with van der Waals surface area (Å²) in [5.74, 6) is 0.418. The summed E-state index contributed by atoms with van der Waals surface area (Å²) in [6.07, 6.45) is 2.15. The summed E-state index contributed by atoms with van der Waals surface area (Å²) in [4.78, 5) is 4.58. The fourth-order valence-corrected chi connectivity index (χ4v) is 7.03. The smallest absolute Gasteiger partial charge is 0.154 e. The zero-order chi connectivity index (χ0) is 32.9. The van der Waals surface area contributed by atoms with E-state index < -0.39 is 0 Å². The van der Waals surface area contributed by atoms with Gasteiger partial charge in [-0.25, -0.2) is 4.99 Å². The van der Waals surface area contributed by atoms with Gasteiger partial charge in [-0.3, -0.25) is 5.41 Å². The van der Waals surface area contributed by atoms with Gasteiger partial charge in [-0.2, -0.15) is 0 Å². The van der Waals surface area contributed by atoms with E-state index in [4.69, 9.17) is 11.1 Å². The van der Waals surface area contributed by atoms with Gasteiger partial charge in [0.25, 0.3) is 0 Å². The predicted octanol–water partition coefficient (Wildman–Crippen LogP) is 10.3. The first kappa shape index (κ1) is 28.5. The number of nitrogens with two attached hydrogens (primary N) is 1. The molecule has 0 spiro atoms. The third-order valence-electron chi connectivity index (χ3n) is 9.35. The van der Waals surface area contributed by atoms with E-state index in [2.05, 4.69) is 123 Å². The van der Waals surface area contributed by atoms with E-state index in [1.807, 2.05) is 60.7 Å². The second kappa shape index (κ2) is 11.5. The lowest BCUT2D eigenvalue weighted by atomic mass is 10.0. The van der Waals surface area contributed by atoms with Gasteiger partial charge in [0.2, 0.25) is 0 Å². The molecule has 0 fully saturated rings. The van der Waals surface area contributed by atoms with Crippen LogP contribution in [-0.4, -0.2) is 20.8 Å². The van der Waals surface area contributed by atoms with E-state index in [1.54, 1.807) is 0 Å². The highest BCUT2D eigenvalue weighted by Crippen LogP contribution is 2.39. The van der Waals surface area contributed by atoms with Crippen LogP contribution in [0.1, 0.15) is 11.1 Å². The Morgan fingerprint density at radius 1 is 0.510 bits per heavy atom. The van der Waals surface area contributed by atoms with Crippen LogP contribution in [-0.2, 0) is 0 Å². The molecule has 0 atom stereocenters. The number of para-hydroxylation sites is 2. The van der Waals surface area contributed by atoms with Gasteiger partial charge in [0.05, 0.1) is 16.6 Å².